The van der Waals surface area contributed by atoms with Crippen molar-refractivity contribution in [2.45, 2.75) is 38.8 Å². The maximum atomic E-state index is 8.96. The molecule has 0 aromatic heterocycles. The molecule has 2 nitrogen and oxygen atoms in total. The summed E-state index contributed by atoms with van der Waals surface area (Å²) in [6.45, 7) is 4.37. The van der Waals surface area contributed by atoms with Crippen molar-refractivity contribution in [3.8, 4) is 0 Å². The Bertz CT molecular complexity index is 357. The molecule has 0 radical (unpaired) electrons. The molecule has 0 spiro atoms. The minimum atomic E-state index is 0.149. The summed E-state index contributed by atoms with van der Waals surface area (Å²) in [5.41, 5.74) is 1.03. The van der Waals surface area contributed by atoms with Crippen molar-refractivity contribution in [3.63, 3.8) is 0 Å². The molecule has 1 aromatic carbocycles. The van der Waals surface area contributed by atoms with E-state index >= 15 is 0 Å². The lowest BCUT2D eigenvalue weighted by molar-refractivity contribution is 0.257. The fourth-order valence-electron chi connectivity index (χ4n) is 1.86. The summed E-state index contributed by atoms with van der Waals surface area (Å²) in [4.78, 5) is 0. The lowest BCUT2D eigenvalue weighted by atomic mass is 10.1. The Morgan fingerprint density at radius 2 is 2.06 bits per heavy atom. The fourth-order valence-corrected chi connectivity index (χ4v) is 2.43. The van der Waals surface area contributed by atoms with Gasteiger partial charge in [-0.05, 0) is 37.5 Å². The molecule has 0 bridgehead atoms. The molecule has 2 N–H and O–H groups in total. The van der Waals surface area contributed by atoms with Gasteiger partial charge >= 0.3 is 0 Å². The molecule has 4 heteroatoms. The van der Waals surface area contributed by atoms with Crippen LogP contribution in [0.4, 0.5) is 0 Å². The van der Waals surface area contributed by atoms with Gasteiger partial charge in [0.25, 0.3) is 0 Å². The number of benzene rings is 1. The number of rotatable bonds is 6. The lowest BCUT2D eigenvalue weighted by Crippen LogP contribution is -2.31. The average molecular weight is 276 g/mol. The Balaban J connectivity index is 2.71. The third-order valence-electron chi connectivity index (χ3n) is 2.89. The predicted octanol–water partition coefficient (Wildman–Crippen LogP) is 3.81. The normalized spacial score (nSPS) is 14.6. The Morgan fingerprint density at radius 1 is 1.35 bits per heavy atom. The maximum absolute atomic E-state index is 8.96. The van der Waals surface area contributed by atoms with E-state index in [4.69, 9.17) is 28.3 Å². The van der Waals surface area contributed by atoms with Gasteiger partial charge in [0.2, 0.25) is 0 Å². The largest absolute Gasteiger partial charge is 0.396 e. The summed E-state index contributed by atoms with van der Waals surface area (Å²) in [5.74, 6) is 0. The molecule has 96 valence electrons. The van der Waals surface area contributed by atoms with E-state index in [2.05, 4.69) is 19.2 Å². The minimum absolute atomic E-state index is 0.149. The van der Waals surface area contributed by atoms with Gasteiger partial charge < -0.3 is 10.4 Å². The van der Waals surface area contributed by atoms with Crippen LogP contribution in [0.25, 0.3) is 0 Å². The van der Waals surface area contributed by atoms with E-state index in [0.717, 1.165) is 18.4 Å². The van der Waals surface area contributed by atoms with Gasteiger partial charge in [-0.15, -0.1) is 0 Å². The lowest BCUT2D eigenvalue weighted by Gasteiger charge is -2.22. The van der Waals surface area contributed by atoms with Gasteiger partial charge in [-0.2, -0.15) is 0 Å². The third-order valence-corrected chi connectivity index (χ3v) is 3.45. The zero-order valence-electron chi connectivity index (χ0n) is 10.2. The third kappa shape index (κ3) is 4.47. The molecule has 0 aliphatic rings. The number of aliphatic hydroxyl groups is 1. The van der Waals surface area contributed by atoms with Crippen LogP contribution < -0.4 is 5.32 Å². The van der Waals surface area contributed by atoms with Gasteiger partial charge in [0.15, 0.2) is 0 Å². The second-order valence-corrected chi connectivity index (χ2v) is 5.02. The Labute approximate surface area is 113 Å². The standard InChI is InChI=1S/C13H19Cl2NO/c1-3-11(6-7-17)16-9(2)12-5-4-10(14)8-13(12)15/h4-5,8-9,11,16-17H,3,6-7H2,1-2H3. The van der Waals surface area contributed by atoms with E-state index in [1.54, 1.807) is 6.07 Å². The molecule has 0 heterocycles. The van der Waals surface area contributed by atoms with Crippen LogP contribution >= 0.6 is 23.2 Å². The second-order valence-electron chi connectivity index (χ2n) is 4.17. The Kier molecular flexibility index (Phi) is 6.28. The summed E-state index contributed by atoms with van der Waals surface area (Å²) in [6, 6.07) is 5.99. The van der Waals surface area contributed by atoms with Crippen molar-refractivity contribution in [1.82, 2.24) is 5.32 Å². The predicted molar refractivity (Wildman–Crippen MR) is 73.8 cm³/mol. The van der Waals surface area contributed by atoms with E-state index in [1.807, 2.05) is 12.1 Å². The van der Waals surface area contributed by atoms with Crippen molar-refractivity contribution < 1.29 is 5.11 Å². The quantitative estimate of drug-likeness (QED) is 0.828. The van der Waals surface area contributed by atoms with E-state index in [0.29, 0.717) is 16.1 Å². The van der Waals surface area contributed by atoms with E-state index in [9.17, 15) is 0 Å². The SMILES string of the molecule is CCC(CCO)NC(C)c1ccc(Cl)cc1Cl. The molecule has 0 amide bonds. The molecule has 17 heavy (non-hydrogen) atoms. The molecule has 1 aromatic rings. The molecule has 0 saturated carbocycles. The number of hydrogen-bond acceptors (Lipinski definition) is 2. The van der Waals surface area contributed by atoms with Crippen molar-refractivity contribution >= 4 is 23.2 Å². The molecule has 0 saturated heterocycles. The zero-order valence-corrected chi connectivity index (χ0v) is 11.7. The fraction of sp³-hybridized carbons (Fsp3) is 0.538. The van der Waals surface area contributed by atoms with Gasteiger partial charge in [-0.1, -0.05) is 36.2 Å². The van der Waals surface area contributed by atoms with Crippen LogP contribution in [0, 0.1) is 0 Å². The molecule has 2 unspecified atom stereocenters. The highest BCUT2D eigenvalue weighted by atomic mass is 35.5. The summed E-state index contributed by atoms with van der Waals surface area (Å²) >= 11 is 12.0. The van der Waals surface area contributed by atoms with Crippen LogP contribution in [-0.2, 0) is 0 Å². The van der Waals surface area contributed by atoms with Gasteiger partial charge in [0.1, 0.15) is 0 Å². The smallest absolute Gasteiger partial charge is 0.0468 e. The van der Waals surface area contributed by atoms with E-state index in [-0.39, 0.29) is 12.6 Å². The van der Waals surface area contributed by atoms with Crippen molar-refractivity contribution in [1.29, 1.82) is 0 Å². The first-order valence-corrected chi connectivity index (χ1v) is 6.66. The number of halogens is 2. The molecule has 0 aliphatic heterocycles. The first-order chi connectivity index (χ1) is 8.08. The molecular formula is C13H19Cl2NO. The minimum Gasteiger partial charge on any atom is -0.396 e. The Morgan fingerprint density at radius 3 is 2.59 bits per heavy atom. The molecule has 0 fully saturated rings. The molecular weight excluding hydrogens is 257 g/mol. The van der Waals surface area contributed by atoms with E-state index in [1.165, 1.54) is 0 Å². The van der Waals surface area contributed by atoms with Crippen LogP contribution in [0.5, 0.6) is 0 Å². The van der Waals surface area contributed by atoms with Gasteiger partial charge in [-0.3, -0.25) is 0 Å². The van der Waals surface area contributed by atoms with Crippen LogP contribution in [0.15, 0.2) is 18.2 Å². The average Bonchev–Trinajstić information content (AvgIpc) is 2.28. The van der Waals surface area contributed by atoms with E-state index < -0.39 is 0 Å². The molecule has 2 atom stereocenters. The summed E-state index contributed by atoms with van der Waals surface area (Å²) < 4.78 is 0. The molecule has 0 aliphatic carbocycles. The molecule has 1 rings (SSSR count). The highest BCUT2D eigenvalue weighted by Gasteiger charge is 2.14. The monoisotopic (exact) mass is 275 g/mol. The number of hydrogen-bond donors (Lipinski definition) is 2. The highest BCUT2D eigenvalue weighted by Crippen LogP contribution is 2.26. The van der Waals surface area contributed by atoms with Gasteiger partial charge in [-0.25, -0.2) is 0 Å². The summed E-state index contributed by atoms with van der Waals surface area (Å²) in [7, 11) is 0. The van der Waals surface area contributed by atoms with Crippen LogP contribution in [-0.4, -0.2) is 17.8 Å². The van der Waals surface area contributed by atoms with Crippen molar-refractivity contribution in [2.75, 3.05) is 6.61 Å². The van der Waals surface area contributed by atoms with Crippen LogP contribution in [0.1, 0.15) is 38.3 Å². The first-order valence-electron chi connectivity index (χ1n) is 5.90. The van der Waals surface area contributed by atoms with Gasteiger partial charge in [0.05, 0.1) is 0 Å². The maximum Gasteiger partial charge on any atom is 0.0468 e. The topological polar surface area (TPSA) is 32.3 Å². The van der Waals surface area contributed by atoms with Crippen LogP contribution in [0.3, 0.4) is 0 Å². The summed E-state index contributed by atoms with van der Waals surface area (Å²) in [6.07, 6.45) is 1.74. The van der Waals surface area contributed by atoms with Crippen LogP contribution in [0.2, 0.25) is 10.0 Å². The van der Waals surface area contributed by atoms with Crippen molar-refractivity contribution in [3.05, 3.63) is 33.8 Å². The van der Waals surface area contributed by atoms with Crippen molar-refractivity contribution in [2.24, 2.45) is 0 Å². The number of aliphatic hydroxyl groups excluding tert-OH is 1. The second kappa shape index (κ2) is 7.22. The zero-order chi connectivity index (χ0) is 12.8. The summed E-state index contributed by atoms with van der Waals surface area (Å²) in [5, 5.41) is 13.7. The first kappa shape index (κ1) is 14.8. The highest BCUT2D eigenvalue weighted by molar-refractivity contribution is 6.35. The number of nitrogens with one attached hydrogen (secondary N) is 1. The van der Waals surface area contributed by atoms with Gasteiger partial charge in [0, 0.05) is 28.7 Å². The Hall–Kier alpha value is -0.280.